The Kier molecular flexibility index (Phi) is 2.83. The number of aromatic nitrogens is 4. The van der Waals surface area contributed by atoms with Gasteiger partial charge in [-0.1, -0.05) is 0 Å². The predicted molar refractivity (Wildman–Crippen MR) is 70.1 cm³/mol. The fourth-order valence-electron chi connectivity index (χ4n) is 1.86. The maximum Gasteiger partial charge on any atom is 0.213 e. The maximum atomic E-state index is 13.0. The predicted octanol–water partition coefficient (Wildman–Crippen LogP) is 2.41. The normalized spacial score (nSPS) is 10.8. The number of H-pyrrole nitrogens is 1. The third-order valence-electron chi connectivity index (χ3n) is 2.81. The van der Waals surface area contributed by atoms with Crippen molar-refractivity contribution in [3.8, 4) is 0 Å². The first-order valence-corrected chi connectivity index (χ1v) is 5.88. The Hall–Kier alpha value is -2.50. The highest BCUT2D eigenvalue weighted by Gasteiger charge is 2.05. The molecular weight excluding hydrogens is 245 g/mol. The molecule has 19 heavy (non-hydrogen) atoms. The van der Waals surface area contributed by atoms with E-state index >= 15 is 0 Å². The fraction of sp³-hybridized carbons (Fsp3) is 0.154. The second-order valence-corrected chi connectivity index (χ2v) is 4.21. The molecule has 0 amide bonds. The van der Waals surface area contributed by atoms with E-state index in [1.807, 2.05) is 13.0 Å². The van der Waals surface area contributed by atoms with Crippen LogP contribution in [0.25, 0.3) is 11.2 Å². The second kappa shape index (κ2) is 4.64. The van der Waals surface area contributed by atoms with E-state index in [0.29, 0.717) is 12.4 Å². The van der Waals surface area contributed by atoms with Crippen LogP contribution < -0.4 is 5.32 Å². The average molecular weight is 257 g/mol. The minimum Gasteiger partial charge on any atom is -0.364 e. The Morgan fingerprint density at radius 2 is 2.21 bits per heavy atom. The lowest BCUT2D eigenvalue weighted by atomic mass is 10.2. The number of anilines is 1. The number of nitrogens with zero attached hydrogens (tertiary/aromatic N) is 3. The molecule has 2 N–H and O–H groups in total. The zero-order chi connectivity index (χ0) is 13.2. The molecule has 5 nitrogen and oxygen atoms in total. The summed E-state index contributed by atoms with van der Waals surface area (Å²) < 4.78 is 13.0. The lowest BCUT2D eigenvalue weighted by Crippen LogP contribution is -2.05. The summed E-state index contributed by atoms with van der Waals surface area (Å²) in [4.78, 5) is 15.4. The van der Waals surface area contributed by atoms with E-state index in [9.17, 15) is 4.39 Å². The maximum absolute atomic E-state index is 13.0. The van der Waals surface area contributed by atoms with Gasteiger partial charge in [0.25, 0.3) is 0 Å². The molecular formula is C13H12FN5. The summed E-state index contributed by atoms with van der Waals surface area (Å²) in [6.45, 7) is 2.35. The van der Waals surface area contributed by atoms with Gasteiger partial charge >= 0.3 is 0 Å². The van der Waals surface area contributed by atoms with E-state index in [2.05, 4.69) is 25.3 Å². The van der Waals surface area contributed by atoms with Gasteiger partial charge in [0.1, 0.15) is 11.3 Å². The standard InChI is InChI=1S/C13H12FN5/c1-8-12(19-10-3-5-16-13(10)18-8)17-7-9-2-4-15-11(14)6-9/h2-6H,7H2,1H3,(H,16,18)(H,17,19). The third kappa shape index (κ3) is 2.37. The highest BCUT2D eigenvalue weighted by molar-refractivity contribution is 5.72. The van der Waals surface area contributed by atoms with Gasteiger partial charge in [0.15, 0.2) is 5.65 Å². The molecule has 3 aromatic rings. The van der Waals surface area contributed by atoms with Crippen LogP contribution in [0.15, 0.2) is 30.6 Å². The Bertz CT molecular complexity index is 722. The minimum atomic E-state index is -0.483. The molecule has 0 aromatic carbocycles. The van der Waals surface area contributed by atoms with Crippen molar-refractivity contribution in [3.63, 3.8) is 0 Å². The molecule has 0 fully saturated rings. The van der Waals surface area contributed by atoms with Crippen molar-refractivity contribution in [1.29, 1.82) is 0 Å². The number of aromatic amines is 1. The van der Waals surface area contributed by atoms with Gasteiger partial charge in [0.2, 0.25) is 5.95 Å². The van der Waals surface area contributed by atoms with Crippen LogP contribution in [0, 0.1) is 12.9 Å². The summed E-state index contributed by atoms with van der Waals surface area (Å²) in [5.41, 5.74) is 3.17. The number of fused-ring (bicyclic) bond motifs is 1. The lowest BCUT2D eigenvalue weighted by Gasteiger charge is -2.08. The topological polar surface area (TPSA) is 66.5 Å². The molecule has 3 heterocycles. The van der Waals surface area contributed by atoms with Gasteiger partial charge in [-0.3, -0.25) is 0 Å². The molecule has 0 aliphatic rings. The molecule has 0 spiro atoms. The van der Waals surface area contributed by atoms with Crippen molar-refractivity contribution in [2.24, 2.45) is 0 Å². The number of aryl methyl sites for hydroxylation is 1. The third-order valence-corrected chi connectivity index (χ3v) is 2.81. The molecule has 0 aliphatic heterocycles. The number of rotatable bonds is 3. The second-order valence-electron chi connectivity index (χ2n) is 4.21. The number of hydrogen-bond acceptors (Lipinski definition) is 4. The molecule has 0 saturated heterocycles. The quantitative estimate of drug-likeness (QED) is 0.707. The van der Waals surface area contributed by atoms with Gasteiger partial charge in [-0.2, -0.15) is 4.39 Å². The molecule has 0 unspecified atom stereocenters. The van der Waals surface area contributed by atoms with Crippen LogP contribution in [-0.4, -0.2) is 19.9 Å². The molecule has 6 heteroatoms. The highest BCUT2D eigenvalue weighted by atomic mass is 19.1. The van der Waals surface area contributed by atoms with Crippen LogP contribution in [0.2, 0.25) is 0 Å². The van der Waals surface area contributed by atoms with Gasteiger partial charge in [0.05, 0.1) is 5.69 Å². The summed E-state index contributed by atoms with van der Waals surface area (Å²) in [6, 6.07) is 5.01. The number of halogens is 1. The zero-order valence-corrected chi connectivity index (χ0v) is 10.3. The Morgan fingerprint density at radius 1 is 1.32 bits per heavy atom. The van der Waals surface area contributed by atoms with E-state index < -0.39 is 5.95 Å². The summed E-state index contributed by atoms with van der Waals surface area (Å²) in [5, 5.41) is 3.16. The first-order chi connectivity index (χ1) is 9.22. The first kappa shape index (κ1) is 11.6. The van der Waals surface area contributed by atoms with Gasteiger partial charge in [-0.05, 0) is 30.7 Å². The molecule has 96 valence electrons. The molecule has 0 saturated carbocycles. The minimum absolute atomic E-state index is 0.477. The van der Waals surface area contributed by atoms with E-state index in [1.165, 1.54) is 12.3 Å². The Balaban J connectivity index is 1.83. The van der Waals surface area contributed by atoms with Crippen LogP contribution in [-0.2, 0) is 6.54 Å². The van der Waals surface area contributed by atoms with E-state index in [4.69, 9.17) is 0 Å². The molecule has 3 rings (SSSR count). The molecule has 0 bridgehead atoms. The van der Waals surface area contributed by atoms with Crippen molar-refractivity contribution in [2.45, 2.75) is 13.5 Å². The van der Waals surface area contributed by atoms with E-state index in [-0.39, 0.29) is 0 Å². The van der Waals surface area contributed by atoms with Crippen LogP contribution in [0.4, 0.5) is 10.2 Å². The van der Waals surface area contributed by atoms with Gasteiger partial charge in [-0.15, -0.1) is 0 Å². The summed E-state index contributed by atoms with van der Waals surface area (Å²) in [6.07, 6.45) is 3.24. The molecule has 0 atom stereocenters. The van der Waals surface area contributed by atoms with Gasteiger partial charge in [0, 0.05) is 18.9 Å². The number of hydrogen-bond donors (Lipinski definition) is 2. The Labute approximate surface area is 108 Å². The smallest absolute Gasteiger partial charge is 0.213 e. The van der Waals surface area contributed by atoms with E-state index in [1.54, 1.807) is 12.3 Å². The number of nitrogens with one attached hydrogen (secondary N) is 2. The Morgan fingerprint density at radius 3 is 3.05 bits per heavy atom. The van der Waals surface area contributed by atoms with Crippen molar-refractivity contribution in [3.05, 3.63) is 47.8 Å². The zero-order valence-electron chi connectivity index (χ0n) is 10.3. The van der Waals surface area contributed by atoms with Crippen LogP contribution in [0.3, 0.4) is 0 Å². The number of pyridine rings is 1. The average Bonchev–Trinajstić information content (AvgIpc) is 2.83. The van der Waals surface area contributed by atoms with Gasteiger partial charge in [-0.25, -0.2) is 15.0 Å². The molecule has 0 aliphatic carbocycles. The highest BCUT2D eigenvalue weighted by Crippen LogP contribution is 2.15. The SMILES string of the molecule is Cc1nc2[nH]ccc2nc1NCc1ccnc(F)c1. The summed E-state index contributed by atoms with van der Waals surface area (Å²) >= 11 is 0. The van der Waals surface area contributed by atoms with E-state index in [0.717, 1.165) is 22.4 Å². The lowest BCUT2D eigenvalue weighted by molar-refractivity contribution is 0.581. The van der Waals surface area contributed by atoms with Crippen LogP contribution in [0.1, 0.15) is 11.3 Å². The molecule has 0 radical (unpaired) electrons. The largest absolute Gasteiger partial charge is 0.364 e. The van der Waals surface area contributed by atoms with Gasteiger partial charge < -0.3 is 10.3 Å². The molecule has 3 aromatic heterocycles. The van der Waals surface area contributed by atoms with Crippen molar-refractivity contribution < 1.29 is 4.39 Å². The summed E-state index contributed by atoms with van der Waals surface area (Å²) in [7, 11) is 0. The monoisotopic (exact) mass is 257 g/mol. The van der Waals surface area contributed by atoms with Crippen LogP contribution in [0.5, 0.6) is 0 Å². The van der Waals surface area contributed by atoms with Crippen molar-refractivity contribution in [2.75, 3.05) is 5.32 Å². The first-order valence-electron chi connectivity index (χ1n) is 5.88. The summed E-state index contributed by atoms with van der Waals surface area (Å²) in [5.74, 6) is 0.215. The van der Waals surface area contributed by atoms with Crippen LogP contribution >= 0.6 is 0 Å². The van der Waals surface area contributed by atoms with Crippen molar-refractivity contribution in [1.82, 2.24) is 19.9 Å². The van der Waals surface area contributed by atoms with Crippen molar-refractivity contribution >= 4 is 17.0 Å². The fourth-order valence-corrected chi connectivity index (χ4v) is 1.86.